The number of benzene rings is 2. The van der Waals surface area contributed by atoms with E-state index in [1.54, 1.807) is 20.8 Å². The molecule has 7 nitrogen and oxygen atoms in total. The van der Waals surface area contributed by atoms with E-state index in [0.717, 1.165) is 55.7 Å². The van der Waals surface area contributed by atoms with E-state index in [1.807, 2.05) is 13.0 Å². The minimum absolute atomic E-state index is 0.0375. The molecule has 3 aliphatic rings. The van der Waals surface area contributed by atoms with E-state index in [-0.39, 0.29) is 30.1 Å². The van der Waals surface area contributed by atoms with Gasteiger partial charge in [0.1, 0.15) is 17.5 Å². The third-order valence-electron chi connectivity index (χ3n) is 11.2. The third-order valence-corrected chi connectivity index (χ3v) is 11.2. The van der Waals surface area contributed by atoms with Crippen molar-refractivity contribution in [2.45, 2.75) is 99.0 Å². The summed E-state index contributed by atoms with van der Waals surface area (Å²) in [6.07, 6.45) is 5.26. The first kappa shape index (κ1) is 32.9. The number of phenolic OH excluding ortho intramolecular Hbond substituents is 1. The van der Waals surface area contributed by atoms with E-state index in [4.69, 9.17) is 0 Å². The second-order valence-electron chi connectivity index (χ2n) is 14.6. The van der Waals surface area contributed by atoms with Crippen LogP contribution in [-0.4, -0.2) is 44.7 Å². The first-order valence-corrected chi connectivity index (χ1v) is 16.4. The summed E-state index contributed by atoms with van der Waals surface area (Å²) in [4.78, 5) is 69.2. The molecule has 2 N–H and O–H groups in total. The molecule has 3 unspecified atom stereocenters. The Morgan fingerprint density at radius 2 is 1.67 bits per heavy atom. The molecule has 7 heteroatoms. The van der Waals surface area contributed by atoms with Gasteiger partial charge < -0.3 is 10.2 Å². The van der Waals surface area contributed by atoms with Gasteiger partial charge in [0.05, 0.1) is 11.5 Å². The summed E-state index contributed by atoms with van der Waals surface area (Å²) in [6.45, 7) is 12.4. The summed E-state index contributed by atoms with van der Waals surface area (Å²) in [7, 11) is 0. The number of phenols is 1. The van der Waals surface area contributed by atoms with Crippen molar-refractivity contribution < 1.29 is 34.2 Å². The molecule has 6 atom stereocenters. The van der Waals surface area contributed by atoms with E-state index >= 15 is 0 Å². The summed E-state index contributed by atoms with van der Waals surface area (Å²) in [6, 6.07) is 9.75. The summed E-state index contributed by atoms with van der Waals surface area (Å²) in [5.74, 6) is -8.81. The van der Waals surface area contributed by atoms with Crippen molar-refractivity contribution in [3.63, 3.8) is 0 Å². The van der Waals surface area contributed by atoms with Crippen molar-refractivity contribution in [2.75, 3.05) is 0 Å². The highest BCUT2D eigenvalue weighted by atomic mass is 16.3. The number of Topliss-reactive ketones (excluding diaryl/α,β-unsaturated/α-hetero) is 5. The minimum atomic E-state index is -2.70. The lowest BCUT2D eigenvalue weighted by Crippen LogP contribution is -2.76. The zero-order chi connectivity index (χ0) is 33.2. The Kier molecular flexibility index (Phi) is 8.35. The van der Waals surface area contributed by atoms with Crippen LogP contribution in [0.3, 0.4) is 0 Å². The molecule has 2 saturated carbocycles. The predicted octanol–water partition coefficient (Wildman–Crippen LogP) is 6.06. The van der Waals surface area contributed by atoms with E-state index in [2.05, 4.69) is 32.0 Å². The van der Waals surface area contributed by atoms with E-state index in [9.17, 15) is 34.2 Å². The molecular weight excluding hydrogens is 568 g/mol. The summed E-state index contributed by atoms with van der Waals surface area (Å²) in [5.41, 5.74) is -0.535. The first-order chi connectivity index (χ1) is 21.1. The van der Waals surface area contributed by atoms with Gasteiger partial charge in [0.2, 0.25) is 0 Å². The number of unbranched alkanes of at least 4 members (excludes halogenated alkanes) is 2. The van der Waals surface area contributed by atoms with Gasteiger partial charge in [-0.1, -0.05) is 78.6 Å². The van der Waals surface area contributed by atoms with Crippen LogP contribution >= 0.6 is 0 Å². The Hall–Kier alpha value is -3.45. The van der Waals surface area contributed by atoms with Gasteiger partial charge in [-0.05, 0) is 84.2 Å². The molecule has 2 aromatic carbocycles. The molecule has 0 aliphatic heterocycles. The number of rotatable bonds is 8. The molecule has 0 spiro atoms. The largest absolute Gasteiger partial charge is 0.507 e. The summed E-state index contributed by atoms with van der Waals surface area (Å²) < 4.78 is 0. The van der Waals surface area contributed by atoms with Crippen LogP contribution < -0.4 is 0 Å². The summed E-state index contributed by atoms with van der Waals surface area (Å²) in [5, 5.41) is 23.3. The van der Waals surface area contributed by atoms with Gasteiger partial charge in [-0.3, -0.25) is 24.0 Å². The number of aryl methyl sites for hydroxylation is 2. The van der Waals surface area contributed by atoms with Gasteiger partial charge in [-0.25, -0.2) is 0 Å². The lowest BCUT2D eigenvalue weighted by Gasteiger charge is -2.61. The lowest BCUT2D eigenvalue weighted by atomic mass is 9.40. The van der Waals surface area contributed by atoms with Gasteiger partial charge in [0, 0.05) is 11.3 Å². The van der Waals surface area contributed by atoms with Crippen molar-refractivity contribution >= 4 is 28.9 Å². The molecule has 0 radical (unpaired) electrons. The standard InChI is InChI=1S/C38H46O7/c1-8-10-11-12-22-13-14-23(9-2)25(17-22)24-15-16-27(40)29-26(24)18-36(6)19-37(7)30(20(3)4)32(41)28(21(5)39)34(43)38(37,45)35(44)31(36)33(29)42/h13-17,20,28,30-31,40,45H,8-12,18-19H2,1-7H3/t28?,30?,31?,36-,37-,38+/m1/s1. The second-order valence-corrected chi connectivity index (χ2v) is 14.6. The number of carbonyl (C=O) groups excluding carboxylic acids is 5. The monoisotopic (exact) mass is 614 g/mol. The number of aliphatic hydroxyl groups is 1. The molecule has 5 rings (SSSR count). The van der Waals surface area contributed by atoms with Gasteiger partial charge in [0.15, 0.2) is 28.7 Å². The second kappa shape index (κ2) is 11.4. The maximum Gasteiger partial charge on any atom is 0.190 e. The Morgan fingerprint density at radius 3 is 2.27 bits per heavy atom. The van der Waals surface area contributed by atoms with Crippen LogP contribution in [0.1, 0.15) is 101 Å². The van der Waals surface area contributed by atoms with E-state index in [0.29, 0.717) is 5.56 Å². The van der Waals surface area contributed by atoms with Gasteiger partial charge in [0.25, 0.3) is 0 Å². The fourth-order valence-electron chi connectivity index (χ4n) is 9.31. The van der Waals surface area contributed by atoms with Crippen LogP contribution in [-0.2, 0) is 38.4 Å². The first-order valence-electron chi connectivity index (χ1n) is 16.4. The van der Waals surface area contributed by atoms with Gasteiger partial charge in [-0.2, -0.15) is 0 Å². The van der Waals surface area contributed by atoms with Gasteiger partial charge >= 0.3 is 0 Å². The maximum absolute atomic E-state index is 14.5. The number of fused-ring (bicyclic) bond motifs is 3. The Balaban J connectivity index is 1.71. The Morgan fingerprint density at radius 1 is 0.978 bits per heavy atom. The summed E-state index contributed by atoms with van der Waals surface area (Å²) >= 11 is 0. The average molecular weight is 615 g/mol. The number of hydrogen-bond donors (Lipinski definition) is 2. The molecule has 0 bridgehead atoms. The third kappa shape index (κ3) is 4.67. The highest BCUT2D eigenvalue weighted by Crippen LogP contribution is 2.64. The predicted molar refractivity (Wildman–Crippen MR) is 171 cm³/mol. The van der Waals surface area contributed by atoms with Crippen LogP contribution in [0.5, 0.6) is 5.75 Å². The minimum Gasteiger partial charge on any atom is -0.507 e. The molecule has 2 fully saturated rings. The quantitative estimate of drug-likeness (QED) is 0.274. The fourth-order valence-corrected chi connectivity index (χ4v) is 9.31. The smallest absolute Gasteiger partial charge is 0.190 e. The van der Waals surface area contributed by atoms with Crippen LogP contribution in [0.15, 0.2) is 30.3 Å². The molecule has 240 valence electrons. The number of hydrogen-bond acceptors (Lipinski definition) is 7. The van der Waals surface area contributed by atoms with Gasteiger partial charge in [-0.15, -0.1) is 0 Å². The van der Waals surface area contributed by atoms with Crippen LogP contribution in [0.4, 0.5) is 0 Å². The normalized spacial score (nSPS) is 31.1. The molecule has 0 amide bonds. The van der Waals surface area contributed by atoms with Crippen LogP contribution in [0, 0.1) is 34.5 Å². The lowest BCUT2D eigenvalue weighted by molar-refractivity contribution is -0.205. The highest BCUT2D eigenvalue weighted by molar-refractivity contribution is 6.32. The maximum atomic E-state index is 14.5. The molecule has 0 aromatic heterocycles. The molecule has 0 heterocycles. The van der Waals surface area contributed by atoms with Crippen molar-refractivity contribution in [1.82, 2.24) is 0 Å². The average Bonchev–Trinajstić information content (AvgIpc) is 2.94. The number of carbonyl (C=O) groups is 5. The molecule has 2 aromatic rings. The topological polar surface area (TPSA) is 126 Å². The number of ketones is 5. The zero-order valence-corrected chi connectivity index (χ0v) is 27.6. The molecule has 3 aliphatic carbocycles. The Labute approximate surface area is 265 Å². The van der Waals surface area contributed by atoms with E-state index in [1.165, 1.54) is 11.6 Å². The SMILES string of the molecule is CCCCCc1ccc(CC)c(-c2ccc(O)c3c2C[C@]2(C)C[C@]4(C)C(C(C)C)C(=O)C(C(C)=O)C(=O)[C@]4(O)C(=O)C2C3=O)c1. The van der Waals surface area contributed by atoms with E-state index < -0.39 is 63.1 Å². The van der Waals surface area contributed by atoms with Crippen molar-refractivity contribution in [2.24, 2.45) is 34.5 Å². The fraction of sp³-hybridized carbons (Fsp3) is 0.553. The van der Waals surface area contributed by atoms with Crippen molar-refractivity contribution in [3.05, 3.63) is 52.6 Å². The Bertz CT molecular complexity index is 1620. The zero-order valence-electron chi connectivity index (χ0n) is 27.6. The molecule has 45 heavy (non-hydrogen) atoms. The number of aromatic hydroxyl groups is 1. The van der Waals surface area contributed by atoms with Crippen LogP contribution in [0.2, 0.25) is 0 Å². The van der Waals surface area contributed by atoms with Crippen molar-refractivity contribution in [1.29, 1.82) is 0 Å². The van der Waals surface area contributed by atoms with Crippen molar-refractivity contribution in [3.8, 4) is 16.9 Å². The molecular formula is C38H46O7. The molecule has 0 saturated heterocycles. The highest BCUT2D eigenvalue weighted by Gasteiger charge is 2.76. The van der Waals surface area contributed by atoms with Crippen LogP contribution in [0.25, 0.3) is 11.1 Å².